The van der Waals surface area contributed by atoms with Crippen LogP contribution in [-0.4, -0.2) is 19.6 Å². The number of halogens is 4. The molecule has 170 valence electrons. The Balaban J connectivity index is 0.00000306. The molecule has 3 N–H and O–H groups in total. The third kappa shape index (κ3) is 4.92. The third-order valence-electron chi connectivity index (χ3n) is 4.84. The largest absolute Gasteiger partial charge is 0.416 e. The molecule has 0 saturated heterocycles. The first-order valence-corrected chi connectivity index (χ1v) is 10.5. The van der Waals surface area contributed by atoms with E-state index in [1.54, 1.807) is 39.6 Å². The fraction of sp³-hybridized carbons (Fsp3) is 0.0435. The first-order chi connectivity index (χ1) is 15.1. The lowest BCUT2D eigenvalue weighted by molar-refractivity contribution is -0.137. The lowest BCUT2D eigenvalue weighted by atomic mass is 10.2. The minimum atomic E-state index is -4.46. The van der Waals surface area contributed by atoms with Crippen molar-refractivity contribution in [1.29, 1.82) is 0 Å². The summed E-state index contributed by atoms with van der Waals surface area (Å²) in [6, 6.07) is 15.7. The van der Waals surface area contributed by atoms with Crippen molar-refractivity contribution in [3.63, 3.8) is 0 Å². The Morgan fingerprint density at radius 2 is 1.73 bits per heavy atom. The second-order valence-electron chi connectivity index (χ2n) is 6.93. The molecule has 2 heterocycles. The number of aromatic nitrogens is 3. The van der Waals surface area contributed by atoms with E-state index in [-0.39, 0.29) is 15.5 Å². The summed E-state index contributed by atoms with van der Waals surface area (Å²) in [6.07, 6.45) is -1.26. The lowest BCUT2D eigenvalue weighted by Gasteiger charge is -2.11. The number of alkyl halides is 3. The fourth-order valence-electron chi connectivity index (χ4n) is 3.36. The van der Waals surface area contributed by atoms with Crippen LogP contribution in [0.5, 0.6) is 0 Å². The molecule has 33 heavy (non-hydrogen) atoms. The van der Waals surface area contributed by atoms with Crippen LogP contribution < -0.4 is 16.1 Å². The molecule has 10 heteroatoms. The van der Waals surface area contributed by atoms with Crippen LogP contribution in [0.3, 0.4) is 0 Å². The van der Waals surface area contributed by atoms with Crippen molar-refractivity contribution in [2.24, 2.45) is 0 Å². The Kier molecular flexibility index (Phi) is 6.92. The number of hydrogen-bond acceptors (Lipinski definition) is 2. The SMILES string of the molecule is C=c1/c(=C/c2cccn2-c2cccc(C(F)(F)F)c2)c(=O)[nH]c(=S)n1-c1cccc(Br)c1.O. The molecule has 0 amide bonds. The van der Waals surface area contributed by atoms with Gasteiger partial charge < -0.3 is 10.0 Å². The number of H-pyrrole nitrogens is 1. The molecule has 4 aromatic rings. The molecule has 5 nitrogen and oxygen atoms in total. The normalized spacial score (nSPS) is 11.9. The fourth-order valence-corrected chi connectivity index (χ4v) is 4.05. The molecule has 0 unspecified atom stereocenters. The van der Waals surface area contributed by atoms with Gasteiger partial charge in [-0.25, -0.2) is 0 Å². The summed E-state index contributed by atoms with van der Waals surface area (Å²) in [5.74, 6) is 0. The van der Waals surface area contributed by atoms with E-state index in [1.165, 1.54) is 6.07 Å². The molecule has 0 radical (unpaired) electrons. The molecule has 0 aliphatic rings. The molecule has 0 aliphatic heterocycles. The molecule has 0 saturated carbocycles. The van der Waals surface area contributed by atoms with Gasteiger partial charge >= 0.3 is 6.18 Å². The van der Waals surface area contributed by atoms with Gasteiger partial charge in [-0.15, -0.1) is 0 Å². The second-order valence-corrected chi connectivity index (χ2v) is 8.23. The lowest BCUT2D eigenvalue weighted by Crippen LogP contribution is -2.46. The van der Waals surface area contributed by atoms with Crippen LogP contribution in [0.4, 0.5) is 13.2 Å². The van der Waals surface area contributed by atoms with Gasteiger partial charge in [0.2, 0.25) is 0 Å². The summed E-state index contributed by atoms with van der Waals surface area (Å²) in [5, 5.41) is 0.596. The molecule has 0 atom stereocenters. The van der Waals surface area contributed by atoms with Crippen LogP contribution in [0.1, 0.15) is 11.3 Å². The maximum absolute atomic E-state index is 13.1. The summed E-state index contributed by atoms with van der Waals surface area (Å²) < 4.78 is 43.7. The van der Waals surface area contributed by atoms with Gasteiger partial charge in [-0.1, -0.05) is 34.6 Å². The van der Waals surface area contributed by atoms with Crippen molar-refractivity contribution < 1.29 is 18.6 Å². The Bertz CT molecular complexity index is 1550. The molecule has 0 aliphatic carbocycles. The molecule has 0 bridgehead atoms. The monoisotopic (exact) mass is 535 g/mol. The van der Waals surface area contributed by atoms with Gasteiger partial charge in [-0.05, 0) is 66.8 Å². The van der Waals surface area contributed by atoms with Gasteiger partial charge in [0.15, 0.2) is 4.77 Å². The zero-order valence-corrected chi connectivity index (χ0v) is 19.3. The van der Waals surface area contributed by atoms with Crippen molar-refractivity contribution in [2.75, 3.05) is 0 Å². The van der Waals surface area contributed by atoms with E-state index in [9.17, 15) is 18.0 Å². The van der Waals surface area contributed by atoms with E-state index in [2.05, 4.69) is 27.5 Å². The van der Waals surface area contributed by atoms with Crippen molar-refractivity contribution in [2.45, 2.75) is 6.18 Å². The number of rotatable bonds is 3. The van der Waals surface area contributed by atoms with Crippen molar-refractivity contribution >= 4 is 40.8 Å². The van der Waals surface area contributed by atoms with E-state index in [4.69, 9.17) is 12.2 Å². The van der Waals surface area contributed by atoms with Gasteiger partial charge in [-0.2, -0.15) is 13.2 Å². The number of benzene rings is 2. The Morgan fingerprint density at radius 3 is 2.42 bits per heavy atom. The van der Waals surface area contributed by atoms with Gasteiger partial charge in [0.05, 0.1) is 16.1 Å². The molecule has 2 aromatic heterocycles. The summed E-state index contributed by atoms with van der Waals surface area (Å²) in [6.45, 7) is 4.05. The van der Waals surface area contributed by atoms with Crippen LogP contribution in [-0.2, 0) is 6.18 Å². The predicted octanol–water partition coefficient (Wildman–Crippen LogP) is 3.88. The third-order valence-corrected chi connectivity index (χ3v) is 5.62. The van der Waals surface area contributed by atoms with Gasteiger partial charge in [-0.3, -0.25) is 14.3 Å². The highest BCUT2D eigenvalue weighted by atomic mass is 79.9. The molecular weight excluding hydrogens is 519 g/mol. The number of hydrogen-bond donors (Lipinski definition) is 1. The maximum Gasteiger partial charge on any atom is 0.416 e. The van der Waals surface area contributed by atoms with Crippen LogP contribution >= 0.6 is 28.1 Å². The summed E-state index contributed by atoms with van der Waals surface area (Å²) in [5.41, 5.74) is 0.334. The van der Waals surface area contributed by atoms with E-state index in [0.717, 1.165) is 16.6 Å². The van der Waals surface area contributed by atoms with E-state index in [0.29, 0.717) is 22.4 Å². The summed E-state index contributed by atoms with van der Waals surface area (Å²) >= 11 is 8.75. The Hall–Kier alpha value is -3.21. The number of nitrogens with one attached hydrogen (secondary N) is 1. The van der Waals surface area contributed by atoms with Crippen LogP contribution in [0.2, 0.25) is 0 Å². The van der Waals surface area contributed by atoms with Gasteiger partial charge in [0.25, 0.3) is 5.56 Å². The summed E-state index contributed by atoms with van der Waals surface area (Å²) in [7, 11) is 0. The van der Waals surface area contributed by atoms with Gasteiger partial charge in [0, 0.05) is 27.7 Å². The second kappa shape index (κ2) is 9.34. The van der Waals surface area contributed by atoms with Crippen molar-refractivity contribution in [1.82, 2.24) is 14.1 Å². The molecule has 2 aromatic carbocycles. The average Bonchev–Trinajstić information content (AvgIpc) is 3.19. The highest BCUT2D eigenvalue weighted by molar-refractivity contribution is 9.10. The van der Waals surface area contributed by atoms with Gasteiger partial charge in [0.1, 0.15) is 0 Å². The van der Waals surface area contributed by atoms with E-state index in [1.807, 2.05) is 24.3 Å². The zero-order chi connectivity index (χ0) is 23.0. The van der Waals surface area contributed by atoms with Crippen molar-refractivity contribution in [3.8, 4) is 11.4 Å². The number of aromatic amines is 1. The van der Waals surface area contributed by atoms with Crippen LogP contribution in [0, 0.1) is 4.77 Å². The van der Waals surface area contributed by atoms with E-state index < -0.39 is 17.3 Å². The topological polar surface area (TPSA) is 74.2 Å². The quantitative estimate of drug-likeness (QED) is 0.404. The standard InChI is InChI=1S/C23H15BrF3N3OS.H2O/c1-14-20(21(31)28-22(32)30(14)19-8-3-6-16(24)12-19)13-18-9-4-10-29(18)17-7-2-5-15(11-17)23(25,26)27;/h2-13H,1H2,(H,28,31,32);1H2/b20-13-;. The molecular formula is C23H17BrF3N3O2S. The predicted molar refractivity (Wildman–Crippen MR) is 128 cm³/mol. The molecule has 0 fully saturated rings. The maximum atomic E-state index is 13.1. The van der Waals surface area contributed by atoms with Crippen molar-refractivity contribution in [3.05, 3.63) is 108 Å². The van der Waals surface area contributed by atoms with E-state index >= 15 is 0 Å². The molecule has 0 spiro atoms. The zero-order valence-electron chi connectivity index (χ0n) is 16.9. The first kappa shape index (κ1) is 24.4. The number of nitrogens with zero attached hydrogens (tertiary/aromatic N) is 2. The molecule has 4 rings (SSSR count). The minimum absolute atomic E-state index is 0. The van der Waals surface area contributed by atoms with Crippen LogP contribution in [0.15, 0.2) is 76.1 Å². The summed E-state index contributed by atoms with van der Waals surface area (Å²) in [4.78, 5) is 15.3. The highest BCUT2D eigenvalue weighted by Crippen LogP contribution is 2.30. The average molecular weight is 536 g/mol. The smallest absolute Gasteiger partial charge is 0.412 e. The highest BCUT2D eigenvalue weighted by Gasteiger charge is 2.30. The van der Waals surface area contributed by atoms with Crippen LogP contribution in [0.25, 0.3) is 24.0 Å². The Morgan fingerprint density at radius 1 is 1.03 bits per heavy atom. The Labute approximate surface area is 199 Å². The minimum Gasteiger partial charge on any atom is -0.412 e. The first-order valence-electron chi connectivity index (χ1n) is 9.32.